The van der Waals surface area contributed by atoms with Crippen LogP contribution in [0.4, 0.5) is 0 Å². The van der Waals surface area contributed by atoms with E-state index in [1.165, 1.54) is 5.56 Å². The van der Waals surface area contributed by atoms with Crippen LogP contribution in [0.2, 0.25) is 0 Å². The first-order valence-electron chi connectivity index (χ1n) is 10.6. The summed E-state index contributed by atoms with van der Waals surface area (Å²) in [6.45, 7) is 0. The quantitative estimate of drug-likeness (QED) is 0.359. The Morgan fingerprint density at radius 1 is 0.906 bits per heavy atom. The van der Waals surface area contributed by atoms with Gasteiger partial charge >= 0.3 is 0 Å². The van der Waals surface area contributed by atoms with Gasteiger partial charge in [-0.1, -0.05) is 54.6 Å². The van der Waals surface area contributed by atoms with Crippen molar-refractivity contribution in [2.75, 3.05) is 0 Å². The molecule has 2 aromatic heterocycles. The number of nitrogens with two attached hydrogens (primary N) is 1. The number of carbonyl (C=O) groups excluding carboxylic acids is 1. The molecule has 0 saturated carbocycles. The maximum atomic E-state index is 11.9. The molecule has 6 nitrogen and oxygen atoms in total. The molecule has 1 amide bonds. The summed E-state index contributed by atoms with van der Waals surface area (Å²) >= 11 is 0. The molecular formula is C26H23N5O. The van der Waals surface area contributed by atoms with E-state index in [0.717, 1.165) is 33.4 Å². The summed E-state index contributed by atoms with van der Waals surface area (Å²) in [6.07, 6.45) is 2.83. The van der Waals surface area contributed by atoms with E-state index in [4.69, 9.17) is 5.73 Å². The van der Waals surface area contributed by atoms with Crippen LogP contribution in [0.15, 0.2) is 85.1 Å². The lowest BCUT2D eigenvalue weighted by Crippen LogP contribution is -2.16. The van der Waals surface area contributed by atoms with Gasteiger partial charge in [0.1, 0.15) is 5.82 Å². The molecule has 32 heavy (non-hydrogen) atoms. The second-order valence-electron chi connectivity index (χ2n) is 7.96. The summed E-state index contributed by atoms with van der Waals surface area (Å²) in [6, 6.07) is 26.4. The minimum atomic E-state index is -0.334. The predicted molar refractivity (Wildman–Crippen MR) is 125 cm³/mol. The molecule has 0 aliphatic heterocycles. The molecule has 0 aliphatic rings. The zero-order chi connectivity index (χ0) is 21.9. The Morgan fingerprint density at radius 2 is 1.75 bits per heavy atom. The Hall–Kier alpha value is -4.19. The molecule has 4 N–H and O–H groups in total. The van der Waals surface area contributed by atoms with Crippen LogP contribution in [-0.2, 0) is 11.2 Å². The van der Waals surface area contributed by atoms with Gasteiger partial charge in [0.05, 0.1) is 0 Å². The van der Waals surface area contributed by atoms with Crippen molar-refractivity contribution in [3.8, 4) is 11.4 Å². The van der Waals surface area contributed by atoms with Gasteiger partial charge in [0.15, 0.2) is 5.82 Å². The van der Waals surface area contributed by atoms with Gasteiger partial charge in [-0.05, 0) is 46.3 Å². The van der Waals surface area contributed by atoms with Crippen LogP contribution in [0.25, 0.3) is 22.3 Å². The number of nitrogens with zero attached hydrogens (tertiary/aromatic N) is 2. The molecule has 5 aromatic rings. The molecule has 0 fully saturated rings. The molecule has 0 spiro atoms. The van der Waals surface area contributed by atoms with Gasteiger partial charge in [0, 0.05) is 36.0 Å². The molecule has 2 heterocycles. The van der Waals surface area contributed by atoms with Gasteiger partial charge in [-0.2, -0.15) is 0 Å². The minimum Gasteiger partial charge on any atom is -0.370 e. The van der Waals surface area contributed by atoms with E-state index in [0.29, 0.717) is 12.2 Å². The number of amides is 1. The summed E-state index contributed by atoms with van der Waals surface area (Å²) in [4.78, 5) is 18.4. The van der Waals surface area contributed by atoms with Crippen molar-refractivity contribution in [3.63, 3.8) is 0 Å². The fourth-order valence-electron chi connectivity index (χ4n) is 4.12. The average molecular weight is 422 g/mol. The van der Waals surface area contributed by atoms with Crippen LogP contribution < -0.4 is 5.73 Å². The van der Waals surface area contributed by atoms with Crippen molar-refractivity contribution in [1.82, 2.24) is 20.2 Å². The summed E-state index contributed by atoms with van der Waals surface area (Å²) in [7, 11) is 0. The van der Waals surface area contributed by atoms with Gasteiger partial charge < -0.3 is 15.7 Å². The van der Waals surface area contributed by atoms with Crippen molar-refractivity contribution < 1.29 is 4.79 Å². The number of hydrogen-bond donors (Lipinski definition) is 3. The second-order valence-corrected chi connectivity index (χ2v) is 7.96. The lowest BCUT2D eigenvalue weighted by atomic mass is 9.87. The average Bonchev–Trinajstić information content (AvgIpc) is 3.47. The molecular weight excluding hydrogens is 398 g/mol. The Kier molecular flexibility index (Phi) is 5.25. The van der Waals surface area contributed by atoms with E-state index in [2.05, 4.69) is 44.4 Å². The highest BCUT2D eigenvalue weighted by atomic mass is 16.1. The third-order valence-corrected chi connectivity index (χ3v) is 5.70. The maximum Gasteiger partial charge on any atom is 0.218 e. The van der Waals surface area contributed by atoms with Gasteiger partial charge in [0.2, 0.25) is 5.91 Å². The summed E-state index contributed by atoms with van der Waals surface area (Å²) in [5.74, 6) is 1.04. The Labute approximate surface area is 185 Å². The molecule has 1 unspecified atom stereocenters. The summed E-state index contributed by atoms with van der Waals surface area (Å²) in [5.41, 5.74) is 10.8. The third kappa shape index (κ3) is 4.16. The zero-order valence-corrected chi connectivity index (χ0v) is 17.5. The number of carbonyl (C=O) groups is 1. The number of nitrogens with one attached hydrogen (secondary N) is 2. The normalized spacial score (nSPS) is 12.1. The lowest BCUT2D eigenvalue weighted by molar-refractivity contribution is -0.118. The summed E-state index contributed by atoms with van der Waals surface area (Å²) in [5, 5.41) is 9.77. The summed E-state index contributed by atoms with van der Waals surface area (Å²) < 4.78 is 0. The molecule has 6 heteroatoms. The predicted octanol–water partition coefficient (Wildman–Crippen LogP) is 4.55. The standard InChI is InChI=1S/C26H23N5O/c27-24(32)16-22(19-9-10-23-20(14-19)11-12-28-23)18-7-4-8-21(15-18)26-29-25(30-31-26)13-17-5-2-1-3-6-17/h1-12,14-15,22,28H,13,16H2,(H2,27,32)(H,29,30,31). The molecule has 0 saturated heterocycles. The topological polar surface area (TPSA) is 100 Å². The molecule has 0 radical (unpaired) electrons. The van der Waals surface area contributed by atoms with E-state index < -0.39 is 0 Å². The molecule has 158 valence electrons. The molecule has 0 aliphatic carbocycles. The number of aromatic amines is 2. The monoisotopic (exact) mass is 421 g/mol. The van der Waals surface area contributed by atoms with E-state index >= 15 is 0 Å². The molecule has 3 aromatic carbocycles. The molecule has 5 rings (SSSR count). The Balaban J connectivity index is 1.46. The maximum absolute atomic E-state index is 11.9. The van der Waals surface area contributed by atoms with Crippen molar-refractivity contribution in [2.45, 2.75) is 18.8 Å². The number of aromatic nitrogens is 4. The van der Waals surface area contributed by atoms with Crippen LogP contribution in [0.1, 0.15) is 34.9 Å². The lowest BCUT2D eigenvalue weighted by Gasteiger charge is -2.17. The second kappa shape index (κ2) is 8.51. The first-order valence-corrected chi connectivity index (χ1v) is 10.6. The fourth-order valence-corrected chi connectivity index (χ4v) is 4.12. The number of rotatable bonds is 7. The number of benzene rings is 3. The van der Waals surface area contributed by atoms with Crippen molar-refractivity contribution in [3.05, 3.63) is 108 Å². The number of primary amides is 1. The van der Waals surface area contributed by atoms with E-state index in [-0.39, 0.29) is 18.2 Å². The van der Waals surface area contributed by atoms with E-state index in [1.807, 2.05) is 60.8 Å². The highest BCUT2D eigenvalue weighted by Crippen LogP contribution is 2.32. The number of fused-ring (bicyclic) bond motifs is 1. The van der Waals surface area contributed by atoms with Gasteiger partial charge in [-0.25, -0.2) is 0 Å². The first kappa shape index (κ1) is 19.8. The Bertz CT molecular complexity index is 1370. The van der Waals surface area contributed by atoms with Crippen molar-refractivity contribution in [1.29, 1.82) is 0 Å². The fraction of sp³-hybridized carbons (Fsp3) is 0.115. The van der Waals surface area contributed by atoms with Crippen LogP contribution in [-0.4, -0.2) is 26.1 Å². The highest BCUT2D eigenvalue weighted by molar-refractivity contribution is 5.81. The van der Waals surface area contributed by atoms with Gasteiger partial charge in [0.25, 0.3) is 0 Å². The SMILES string of the molecule is NC(=O)CC(c1cccc(-c2nnc(Cc3ccccc3)[nH]2)c1)c1ccc2[nH]ccc2c1. The van der Waals surface area contributed by atoms with Crippen LogP contribution in [0, 0.1) is 0 Å². The smallest absolute Gasteiger partial charge is 0.218 e. The van der Waals surface area contributed by atoms with Gasteiger partial charge in [-0.3, -0.25) is 4.79 Å². The largest absolute Gasteiger partial charge is 0.370 e. The first-order chi connectivity index (χ1) is 15.7. The van der Waals surface area contributed by atoms with Crippen molar-refractivity contribution in [2.24, 2.45) is 5.73 Å². The molecule has 1 atom stereocenters. The minimum absolute atomic E-state index is 0.140. The number of H-pyrrole nitrogens is 2. The van der Waals surface area contributed by atoms with Crippen LogP contribution >= 0.6 is 0 Å². The Morgan fingerprint density at radius 3 is 2.59 bits per heavy atom. The zero-order valence-electron chi connectivity index (χ0n) is 17.5. The van der Waals surface area contributed by atoms with Crippen LogP contribution in [0.3, 0.4) is 0 Å². The van der Waals surface area contributed by atoms with E-state index in [9.17, 15) is 4.79 Å². The van der Waals surface area contributed by atoms with Gasteiger partial charge in [-0.15, -0.1) is 10.2 Å². The molecule has 0 bridgehead atoms. The van der Waals surface area contributed by atoms with E-state index in [1.54, 1.807) is 0 Å². The van der Waals surface area contributed by atoms with Crippen LogP contribution in [0.5, 0.6) is 0 Å². The van der Waals surface area contributed by atoms with Crippen molar-refractivity contribution >= 4 is 16.8 Å². The highest BCUT2D eigenvalue weighted by Gasteiger charge is 2.19. The third-order valence-electron chi connectivity index (χ3n) is 5.70. The number of hydrogen-bond acceptors (Lipinski definition) is 3.